The van der Waals surface area contributed by atoms with Gasteiger partial charge in [0.15, 0.2) is 11.6 Å². The van der Waals surface area contributed by atoms with Crippen molar-refractivity contribution in [2.75, 3.05) is 11.1 Å². The second-order valence-electron chi connectivity index (χ2n) is 3.58. The van der Waals surface area contributed by atoms with Gasteiger partial charge in [0.25, 0.3) is 0 Å². The summed E-state index contributed by atoms with van der Waals surface area (Å²) in [4.78, 5) is 3.87. The van der Waals surface area contributed by atoms with E-state index in [0.717, 1.165) is 5.56 Å². The predicted octanol–water partition coefficient (Wildman–Crippen LogP) is 3.07. The molecule has 0 aliphatic rings. The number of nitrogen functional groups attached to an aromatic ring is 1. The van der Waals surface area contributed by atoms with Gasteiger partial charge in [-0.2, -0.15) is 0 Å². The zero-order valence-electron chi connectivity index (χ0n) is 8.95. The molecule has 0 unspecified atom stereocenters. The Hall–Kier alpha value is -1.81. The molecule has 2 aromatic rings. The fourth-order valence-electron chi connectivity index (χ4n) is 1.37. The van der Waals surface area contributed by atoms with Crippen molar-refractivity contribution in [3.63, 3.8) is 0 Å². The molecule has 1 heterocycles. The third-order valence-electron chi connectivity index (χ3n) is 2.25. The third-order valence-corrected chi connectivity index (χ3v) is 2.45. The number of nitrogens with zero attached hydrogens (tertiary/aromatic N) is 1. The Labute approximate surface area is 103 Å². The van der Waals surface area contributed by atoms with Crippen LogP contribution in [0.2, 0.25) is 5.02 Å². The van der Waals surface area contributed by atoms with Crippen LogP contribution in [0.5, 0.6) is 0 Å². The zero-order chi connectivity index (χ0) is 12.3. The van der Waals surface area contributed by atoms with Crippen LogP contribution in [0.1, 0.15) is 5.56 Å². The van der Waals surface area contributed by atoms with Gasteiger partial charge < -0.3 is 11.1 Å². The summed E-state index contributed by atoms with van der Waals surface area (Å²) in [5.74, 6) is -0.279. The van der Waals surface area contributed by atoms with Crippen LogP contribution >= 0.6 is 11.6 Å². The van der Waals surface area contributed by atoms with Crippen molar-refractivity contribution in [2.24, 2.45) is 0 Å². The molecular formula is C12H11ClFN3. The lowest BCUT2D eigenvalue weighted by Crippen LogP contribution is -2.03. The molecule has 0 atom stereocenters. The van der Waals surface area contributed by atoms with Crippen LogP contribution in [0.4, 0.5) is 15.9 Å². The summed E-state index contributed by atoms with van der Waals surface area (Å²) in [6.07, 6.45) is 1.40. The SMILES string of the molecule is Nc1ccc(CNc2ncc(Cl)cc2F)cc1. The molecule has 0 spiro atoms. The van der Waals surface area contributed by atoms with Crippen LogP contribution in [0.3, 0.4) is 0 Å². The number of halogens is 2. The maximum atomic E-state index is 13.4. The molecule has 5 heteroatoms. The van der Waals surface area contributed by atoms with Gasteiger partial charge in [0.05, 0.1) is 5.02 Å². The van der Waals surface area contributed by atoms with Gasteiger partial charge in [-0.1, -0.05) is 23.7 Å². The molecule has 0 aliphatic carbocycles. The van der Waals surface area contributed by atoms with Gasteiger partial charge in [-0.25, -0.2) is 9.37 Å². The highest BCUT2D eigenvalue weighted by Crippen LogP contribution is 2.16. The largest absolute Gasteiger partial charge is 0.399 e. The van der Waals surface area contributed by atoms with Crippen LogP contribution in [-0.2, 0) is 6.54 Å². The summed E-state index contributed by atoms with van der Waals surface area (Å²) < 4.78 is 13.4. The Kier molecular flexibility index (Phi) is 3.44. The molecular weight excluding hydrogens is 241 g/mol. The highest BCUT2D eigenvalue weighted by molar-refractivity contribution is 6.30. The Balaban J connectivity index is 2.04. The van der Waals surface area contributed by atoms with E-state index >= 15 is 0 Å². The quantitative estimate of drug-likeness (QED) is 0.825. The summed E-state index contributed by atoms with van der Waals surface area (Å²) in [6.45, 7) is 0.478. The van der Waals surface area contributed by atoms with E-state index in [9.17, 15) is 4.39 Å². The van der Waals surface area contributed by atoms with Gasteiger partial charge in [0.2, 0.25) is 0 Å². The molecule has 0 saturated carbocycles. The van der Waals surface area contributed by atoms with Crippen molar-refractivity contribution < 1.29 is 4.39 Å². The number of nitrogens with two attached hydrogens (primary N) is 1. The zero-order valence-corrected chi connectivity index (χ0v) is 9.71. The molecule has 0 amide bonds. The molecule has 0 aliphatic heterocycles. The lowest BCUT2D eigenvalue weighted by Gasteiger charge is -2.07. The number of nitrogens with one attached hydrogen (secondary N) is 1. The molecule has 0 saturated heterocycles. The first-order valence-electron chi connectivity index (χ1n) is 5.04. The van der Waals surface area contributed by atoms with E-state index in [1.54, 1.807) is 12.1 Å². The minimum absolute atomic E-state index is 0.186. The second kappa shape index (κ2) is 5.01. The van der Waals surface area contributed by atoms with Gasteiger partial charge in [-0.3, -0.25) is 0 Å². The Morgan fingerprint density at radius 2 is 2.00 bits per heavy atom. The standard InChI is InChI=1S/C12H11ClFN3/c13-9-5-11(14)12(17-7-9)16-6-8-1-3-10(15)4-2-8/h1-5,7H,6,15H2,(H,16,17). The smallest absolute Gasteiger partial charge is 0.166 e. The average Bonchev–Trinajstić information content (AvgIpc) is 2.30. The molecule has 2 rings (SSSR count). The summed E-state index contributed by atoms with van der Waals surface area (Å²) >= 11 is 5.61. The number of rotatable bonds is 3. The van der Waals surface area contributed by atoms with Gasteiger partial charge >= 0.3 is 0 Å². The van der Waals surface area contributed by atoms with Crippen LogP contribution in [0.25, 0.3) is 0 Å². The molecule has 0 radical (unpaired) electrons. The van der Waals surface area contributed by atoms with E-state index in [0.29, 0.717) is 12.2 Å². The molecule has 1 aromatic carbocycles. The minimum Gasteiger partial charge on any atom is -0.399 e. The van der Waals surface area contributed by atoms with E-state index in [1.807, 2.05) is 12.1 Å². The third kappa shape index (κ3) is 3.07. The molecule has 0 bridgehead atoms. The van der Waals surface area contributed by atoms with Crippen molar-refractivity contribution in [1.82, 2.24) is 4.98 Å². The highest BCUT2D eigenvalue weighted by atomic mass is 35.5. The molecule has 1 aromatic heterocycles. The second-order valence-corrected chi connectivity index (χ2v) is 4.02. The first-order valence-corrected chi connectivity index (χ1v) is 5.42. The maximum absolute atomic E-state index is 13.4. The molecule has 3 nitrogen and oxygen atoms in total. The summed E-state index contributed by atoms with van der Waals surface area (Å²) in [7, 11) is 0. The van der Waals surface area contributed by atoms with Gasteiger partial charge in [-0.15, -0.1) is 0 Å². The summed E-state index contributed by atoms with van der Waals surface area (Å²) in [5.41, 5.74) is 7.26. The normalized spacial score (nSPS) is 10.2. The number of benzene rings is 1. The van der Waals surface area contributed by atoms with Crippen LogP contribution in [0, 0.1) is 5.82 Å². The molecule has 3 N–H and O–H groups in total. The summed E-state index contributed by atoms with van der Waals surface area (Å²) in [6, 6.07) is 8.55. The predicted molar refractivity (Wildman–Crippen MR) is 67.4 cm³/mol. The lowest BCUT2D eigenvalue weighted by molar-refractivity contribution is 0.624. The fourth-order valence-corrected chi connectivity index (χ4v) is 1.51. The first-order chi connectivity index (χ1) is 8.15. The maximum Gasteiger partial charge on any atom is 0.166 e. The summed E-state index contributed by atoms with van der Waals surface area (Å²) in [5, 5.41) is 3.17. The van der Waals surface area contributed by atoms with Crippen molar-refractivity contribution in [3.05, 3.63) is 52.9 Å². The van der Waals surface area contributed by atoms with E-state index < -0.39 is 5.82 Å². The van der Waals surface area contributed by atoms with E-state index in [1.165, 1.54) is 12.3 Å². The molecule has 17 heavy (non-hydrogen) atoms. The Morgan fingerprint density at radius 1 is 1.29 bits per heavy atom. The number of hydrogen-bond donors (Lipinski definition) is 2. The lowest BCUT2D eigenvalue weighted by atomic mass is 10.2. The minimum atomic E-state index is -0.465. The first kappa shape index (κ1) is 11.7. The van der Waals surface area contributed by atoms with Gasteiger partial charge in [-0.05, 0) is 23.8 Å². The van der Waals surface area contributed by atoms with Crippen molar-refractivity contribution in [1.29, 1.82) is 0 Å². The van der Waals surface area contributed by atoms with E-state index in [2.05, 4.69) is 10.3 Å². The van der Waals surface area contributed by atoms with Crippen molar-refractivity contribution in [3.8, 4) is 0 Å². The molecule has 0 fully saturated rings. The average molecular weight is 252 g/mol. The Bertz CT molecular complexity index is 514. The number of anilines is 2. The van der Waals surface area contributed by atoms with Crippen LogP contribution in [0.15, 0.2) is 36.5 Å². The van der Waals surface area contributed by atoms with E-state index in [-0.39, 0.29) is 10.8 Å². The number of aromatic nitrogens is 1. The molecule has 88 valence electrons. The van der Waals surface area contributed by atoms with Gasteiger partial charge in [0, 0.05) is 18.4 Å². The van der Waals surface area contributed by atoms with Crippen LogP contribution < -0.4 is 11.1 Å². The van der Waals surface area contributed by atoms with Gasteiger partial charge in [0.1, 0.15) is 0 Å². The fraction of sp³-hybridized carbons (Fsp3) is 0.0833. The van der Waals surface area contributed by atoms with E-state index in [4.69, 9.17) is 17.3 Å². The van der Waals surface area contributed by atoms with Crippen LogP contribution in [-0.4, -0.2) is 4.98 Å². The topological polar surface area (TPSA) is 50.9 Å². The Morgan fingerprint density at radius 3 is 2.65 bits per heavy atom. The monoisotopic (exact) mass is 251 g/mol. The number of hydrogen-bond acceptors (Lipinski definition) is 3. The van der Waals surface area contributed by atoms with Crippen molar-refractivity contribution in [2.45, 2.75) is 6.54 Å². The number of pyridine rings is 1. The van der Waals surface area contributed by atoms with Crippen molar-refractivity contribution >= 4 is 23.1 Å². The highest BCUT2D eigenvalue weighted by Gasteiger charge is 2.03.